The minimum absolute atomic E-state index is 0.241. The minimum atomic E-state index is -2.68. The number of hydrogen-bond donors (Lipinski definition) is 1. The summed E-state index contributed by atoms with van der Waals surface area (Å²) in [6.07, 6.45) is 11.2. The van der Waals surface area contributed by atoms with Crippen LogP contribution in [-0.2, 0) is 4.74 Å². The van der Waals surface area contributed by atoms with Gasteiger partial charge in [0.15, 0.2) is 0 Å². The first-order valence-electron chi connectivity index (χ1n) is 13.8. The van der Waals surface area contributed by atoms with Gasteiger partial charge in [0, 0.05) is 0 Å². The number of nitrogens with one attached hydrogen (secondary N) is 1. The number of benzene rings is 1. The zero-order valence-corrected chi connectivity index (χ0v) is 26.5. The van der Waals surface area contributed by atoms with Crippen molar-refractivity contribution < 1.29 is 14.3 Å². The Hall–Kier alpha value is -1.24. The molecule has 0 heterocycles. The first-order valence-corrected chi connectivity index (χ1v) is 21.5. The van der Waals surface area contributed by atoms with Gasteiger partial charge in [0.1, 0.15) is 0 Å². The zero-order valence-electron chi connectivity index (χ0n) is 23.6. The number of carbonyl (C=O) groups excluding carboxylic acids is 1. The molecule has 0 aromatic heterocycles. The summed E-state index contributed by atoms with van der Waals surface area (Å²) in [5.74, 6) is 0.855. The molecule has 0 aliphatic heterocycles. The van der Waals surface area contributed by atoms with E-state index in [0.29, 0.717) is 4.06 Å². The van der Waals surface area contributed by atoms with Gasteiger partial charge in [-0.3, -0.25) is 0 Å². The van der Waals surface area contributed by atoms with E-state index in [4.69, 9.17) is 9.47 Å². The molecule has 0 bridgehead atoms. The number of nitrogens with zero attached hydrogens (tertiary/aromatic N) is 1. The number of aliphatic imine (C=N–C) groups is 1. The summed E-state index contributed by atoms with van der Waals surface area (Å²) in [6, 6.07) is 7.97. The van der Waals surface area contributed by atoms with Crippen LogP contribution < -0.4 is 10.1 Å². The second-order valence-electron chi connectivity index (χ2n) is 10.8. The van der Waals surface area contributed by atoms with E-state index in [9.17, 15) is 4.79 Å². The Kier molecular flexibility index (Phi) is 15.7. The molecular formula is C29H52N2O3Sn. The molecule has 0 radical (unpaired) electrons. The van der Waals surface area contributed by atoms with E-state index in [1.54, 1.807) is 7.11 Å². The van der Waals surface area contributed by atoms with Gasteiger partial charge in [-0.05, 0) is 0 Å². The van der Waals surface area contributed by atoms with Gasteiger partial charge in [-0.25, -0.2) is 0 Å². The Labute approximate surface area is 219 Å². The van der Waals surface area contributed by atoms with Gasteiger partial charge in [-0.15, -0.1) is 0 Å². The van der Waals surface area contributed by atoms with Crippen LogP contribution in [0.5, 0.6) is 5.75 Å². The molecular weight excluding hydrogens is 543 g/mol. The number of carbonyl (C=O) groups is 1. The first-order chi connectivity index (χ1) is 16.7. The van der Waals surface area contributed by atoms with Crippen molar-refractivity contribution in [3.63, 3.8) is 0 Å². The number of unbranched alkanes of at least 4 members (excludes halogenated alkanes) is 3. The van der Waals surface area contributed by atoms with Crippen molar-refractivity contribution in [3.8, 4) is 5.75 Å². The predicted molar refractivity (Wildman–Crippen MR) is 153 cm³/mol. The van der Waals surface area contributed by atoms with Crippen LogP contribution in [0.3, 0.4) is 0 Å². The topological polar surface area (TPSA) is 59.9 Å². The summed E-state index contributed by atoms with van der Waals surface area (Å²) < 4.78 is 15.3. The standard InChI is InChI=1S/C17H25N2O3.3C4H9.Sn/c1-17(2,3)22-16(20)19-12-6-5-11-18-13-14-7-9-15(21-4)10-8-14;3*1-3-4-2;/h7-10,12-13H,5-6,11H2,1-4H3,(H,19,20);3*1,3-4H2,2H3;. The van der Waals surface area contributed by atoms with Crippen LogP contribution >= 0.6 is 0 Å². The van der Waals surface area contributed by atoms with Crippen molar-refractivity contribution in [1.82, 2.24) is 5.32 Å². The number of alkyl carbamates (subject to hydrolysis) is 1. The Morgan fingerprint density at radius 1 is 0.971 bits per heavy atom. The average Bonchev–Trinajstić information content (AvgIpc) is 2.82. The molecule has 1 atom stereocenters. The van der Waals surface area contributed by atoms with Crippen LogP contribution in [0.2, 0.25) is 13.3 Å². The zero-order chi connectivity index (χ0) is 26.2. The summed E-state index contributed by atoms with van der Waals surface area (Å²) in [4.78, 5) is 17.6. The van der Waals surface area contributed by atoms with E-state index in [1.807, 2.05) is 51.3 Å². The van der Waals surface area contributed by atoms with Gasteiger partial charge in [-0.2, -0.15) is 0 Å². The molecule has 1 N–H and O–H groups in total. The van der Waals surface area contributed by atoms with Crippen LogP contribution in [0, 0.1) is 0 Å². The third-order valence-corrected chi connectivity index (χ3v) is 23.7. The van der Waals surface area contributed by atoms with E-state index in [-0.39, 0.29) is 6.09 Å². The summed E-state index contributed by atoms with van der Waals surface area (Å²) >= 11 is -2.68. The maximum atomic E-state index is 12.9. The Morgan fingerprint density at radius 2 is 1.51 bits per heavy atom. The van der Waals surface area contributed by atoms with Crippen molar-refractivity contribution in [2.75, 3.05) is 13.7 Å². The molecule has 1 amide bonds. The Bertz CT molecular complexity index is 707. The fourth-order valence-electron chi connectivity index (χ4n) is 4.71. The second-order valence-corrected chi connectivity index (χ2v) is 24.9. The van der Waals surface area contributed by atoms with Crippen LogP contribution in [-0.4, -0.2) is 54.0 Å². The number of methoxy groups -OCH3 is 1. The average molecular weight is 595 g/mol. The molecule has 0 fully saturated rings. The van der Waals surface area contributed by atoms with Crippen molar-refractivity contribution in [2.45, 2.75) is 116 Å². The molecule has 200 valence electrons. The van der Waals surface area contributed by atoms with Crippen LogP contribution in [0.15, 0.2) is 29.3 Å². The van der Waals surface area contributed by atoms with Crippen molar-refractivity contribution >= 4 is 30.7 Å². The fraction of sp³-hybridized carbons (Fsp3) is 0.724. The van der Waals surface area contributed by atoms with E-state index in [0.717, 1.165) is 30.7 Å². The van der Waals surface area contributed by atoms with Crippen molar-refractivity contribution in [3.05, 3.63) is 29.8 Å². The Balaban J connectivity index is 3.00. The van der Waals surface area contributed by atoms with Gasteiger partial charge in [-0.1, -0.05) is 0 Å². The van der Waals surface area contributed by atoms with E-state index >= 15 is 0 Å². The molecule has 0 saturated carbocycles. The molecule has 0 spiro atoms. The molecule has 0 saturated heterocycles. The summed E-state index contributed by atoms with van der Waals surface area (Å²) in [6.45, 7) is 13.5. The van der Waals surface area contributed by atoms with Crippen molar-refractivity contribution in [2.24, 2.45) is 4.99 Å². The van der Waals surface area contributed by atoms with E-state index in [1.165, 1.54) is 51.8 Å². The molecule has 1 unspecified atom stereocenters. The van der Waals surface area contributed by atoms with Crippen LogP contribution in [0.4, 0.5) is 4.79 Å². The second kappa shape index (κ2) is 17.3. The summed E-state index contributed by atoms with van der Waals surface area (Å²) in [7, 11) is 1.68. The predicted octanol–water partition coefficient (Wildman–Crippen LogP) is 8.18. The third-order valence-electron chi connectivity index (χ3n) is 6.65. The Morgan fingerprint density at radius 3 is 1.97 bits per heavy atom. The van der Waals surface area contributed by atoms with Gasteiger partial charge in [0.2, 0.25) is 0 Å². The molecule has 6 heteroatoms. The molecule has 35 heavy (non-hydrogen) atoms. The quantitative estimate of drug-likeness (QED) is 0.112. The van der Waals surface area contributed by atoms with E-state index in [2.05, 4.69) is 31.1 Å². The van der Waals surface area contributed by atoms with Gasteiger partial charge in [0.25, 0.3) is 0 Å². The maximum absolute atomic E-state index is 12.9. The molecule has 1 aromatic carbocycles. The van der Waals surface area contributed by atoms with Gasteiger partial charge in [0.05, 0.1) is 0 Å². The molecule has 5 nitrogen and oxygen atoms in total. The monoisotopic (exact) mass is 596 g/mol. The van der Waals surface area contributed by atoms with E-state index < -0.39 is 24.0 Å². The molecule has 1 aromatic rings. The number of rotatable bonds is 17. The molecule has 0 aliphatic rings. The number of ether oxygens (including phenoxy) is 2. The van der Waals surface area contributed by atoms with Crippen LogP contribution in [0.25, 0.3) is 0 Å². The first kappa shape index (κ1) is 31.8. The summed E-state index contributed by atoms with van der Waals surface area (Å²) in [5.41, 5.74) is 0.600. The van der Waals surface area contributed by atoms with Gasteiger partial charge < -0.3 is 0 Å². The summed E-state index contributed by atoms with van der Waals surface area (Å²) in [5, 5.41) is 3.43. The van der Waals surface area contributed by atoms with Crippen molar-refractivity contribution in [1.29, 1.82) is 0 Å². The molecule has 0 aliphatic carbocycles. The molecule has 1 rings (SSSR count). The number of amides is 1. The third kappa shape index (κ3) is 13.0. The SMILES string of the molecule is CCC[CH2][Sn]([CH2]CCC)([CH2]CCC)[CH](CCCN=Cc1ccc(OC)cc1)NC(=O)OC(C)(C)C. The number of hydrogen-bond acceptors (Lipinski definition) is 4. The fourth-order valence-corrected chi connectivity index (χ4v) is 22.4. The van der Waals surface area contributed by atoms with Crippen LogP contribution in [0.1, 0.15) is 98.5 Å². The van der Waals surface area contributed by atoms with Gasteiger partial charge >= 0.3 is 220 Å². The normalized spacial score (nSPS) is 13.1.